The average Bonchev–Trinajstić information content (AvgIpc) is 3.62. The number of benzene rings is 2. The molecule has 0 saturated heterocycles. The fourth-order valence-electron chi connectivity index (χ4n) is 5.43. The first-order valence-corrected chi connectivity index (χ1v) is 12.7. The lowest BCUT2D eigenvalue weighted by molar-refractivity contribution is -0.124. The molecule has 2 aromatic heterocycles. The van der Waals surface area contributed by atoms with E-state index in [2.05, 4.69) is 59.3 Å². The first-order valence-electron chi connectivity index (χ1n) is 12.7. The quantitative estimate of drug-likeness (QED) is 0.142. The van der Waals surface area contributed by atoms with Crippen molar-refractivity contribution in [1.82, 2.24) is 20.3 Å². The van der Waals surface area contributed by atoms with E-state index in [0.717, 1.165) is 49.2 Å². The van der Waals surface area contributed by atoms with Crippen molar-refractivity contribution in [2.75, 3.05) is 13.7 Å². The van der Waals surface area contributed by atoms with Gasteiger partial charge in [-0.05, 0) is 84.7 Å². The molecule has 192 valence electrons. The lowest BCUT2D eigenvalue weighted by Gasteiger charge is -2.30. The molecule has 1 aliphatic carbocycles. The number of methoxy groups -OCH3 is 1. The number of ether oxygens (including phenoxy) is 1. The highest BCUT2D eigenvalue weighted by molar-refractivity contribution is 5.90. The summed E-state index contributed by atoms with van der Waals surface area (Å²) in [5.74, 6) is 0.325. The van der Waals surface area contributed by atoms with Crippen LogP contribution >= 0.6 is 0 Å². The van der Waals surface area contributed by atoms with E-state index in [0.29, 0.717) is 6.04 Å². The third-order valence-electron chi connectivity index (χ3n) is 7.70. The summed E-state index contributed by atoms with van der Waals surface area (Å²) in [5, 5.41) is 9.98. The van der Waals surface area contributed by atoms with Gasteiger partial charge >= 0.3 is 0 Å². The van der Waals surface area contributed by atoms with Crippen LogP contribution in [0, 0.1) is 13.8 Å². The van der Waals surface area contributed by atoms with Gasteiger partial charge in [0.25, 0.3) is 5.91 Å². The fourth-order valence-corrected chi connectivity index (χ4v) is 5.43. The van der Waals surface area contributed by atoms with Gasteiger partial charge in [-0.15, -0.1) is 0 Å². The van der Waals surface area contributed by atoms with E-state index >= 15 is 0 Å². The highest BCUT2D eigenvalue weighted by Crippen LogP contribution is 2.38. The molecule has 37 heavy (non-hydrogen) atoms. The van der Waals surface area contributed by atoms with Crippen molar-refractivity contribution in [3.8, 4) is 5.75 Å². The molecule has 4 aromatic rings. The normalized spacial score (nSPS) is 15.1. The topological polar surface area (TPSA) is 93.4 Å². The molecule has 0 radical (unpaired) electrons. The Balaban J connectivity index is 1.40. The van der Waals surface area contributed by atoms with Crippen molar-refractivity contribution < 1.29 is 14.7 Å². The van der Waals surface area contributed by atoms with Crippen LogP contribution in [-0.4, -0.2) is 39.6 Å². The summed E-state index contributed by atoms with van der Waals surface area (Å²) in [5.41, 5.74) is 11.6. The number of nitrogens with one attached hydrogen (secondary N) is 3. The summed E-state index contributed by atoms with van der Waals surface area (Å²) in [7, 11) is 1.69. The van der Waals surface area contributed by atoms with Crippen molar-refractivity contribution in [1.29, 1.82) is 0 Å². The Morgan fingerprint density at radius 3 is 2.81 bits per heavy atom. The van der Waals surface area contributed by atoms with Gasteiger partial charge in [0.2, 0.25) is 0 Å². The Kier molecular flexibility index (Phi) is 7.17. The standard InChI is InChI=1S/C30H34N4O3/c1-19-16-31-28(20(19)2)18-34(13-12-23-17-32-27-15-24(37-3)7-9-25(23)27)29-10-6-22-14-21(4-8-26(22)29)5-11-30(35)33-36/h4-5,7-9,11,14-17,29,31-32,36H,6,10,12-13,18H2,1-3H3,(H,33,35)/b11-5+. The Morgan fingerprint density at radius 1 is 1.19 bits per heavy atom. The summed E-state index contributed by atoms with van der Waals surface area (Å²) in [4.78, 5) is 20.9. The van der Waals surface area contributed by atoms with Crippen LogP contribution in [0.3, 0.4) is 0 Å². The average molecular weight is 499 g/mol. The van der Waals surface area contributed by atoms with E-state index in [4.69, 9.17) is 9.94 Å². The van der Waals surface area contributed by atoms with Gasteiger partial charge in [0.1, 0.15) is 5.75 Å². The SMILES string of the molecule is COc1ccc2c(CCN(Cc3[nH]cc(C)c3C)C3CCc4cc(/C=C/C(=O)NO)ccc43)c[nH]c2c1. The van der Waals surface area contributed by atoms with Crippen molar-refractivity contribution in [3.05, 3.63) is 93.9 Å². The highest BCUT2D eigenvalue weighted by atomic mass is 16.5. The molecule has 7 heteroatoms. The van der Waals surface area contributed by atoms with Gasteiger partial charge in [-0.1, -0.05) is 18.2 Å². The fraction of sp³-hybridized carbons (Fsp3) is 0.300. The molecule has 7 nitrogen and oxygen atoms in total. The Hall–Kier alpha value is -3.81. The Bertz CT molecular complexity index is 1450. The third kappa shape index (κ3) is 5.19. The van der Waals surface area contributed by atoms with Crippen LogP contribution in [-0.2, 0) is 24.2 Å². The number of rotatable bonds is 9. The van der Waals surface area contributed by atoms with Crippen LogP contribution in [0.25, 0.3) is 17.0 Å². The zero-order valence-corrected chi connectivity index (χ0v) is 21.6. The number of amides is 1. The minimum Gasteiger partial charge on any atom is -0.497 e. The summed E-state index contributed by atoms with van der Waals surface area (Å²) in [6.45, 7) is 6.13. The lowest BCUT2D eigenvalue weighted by Crippen LogP contribution is -2.29. The predicted molar refractivity (Wildman–Crippen MR) is 146 cm³/mol. The maximum absolute atomic E-state index is 11.4. The van der Waals surface area contributed by atoms with Gasteiger partial charge in [0, 0.05) is 60.3 Å². The van der Waals surface area contributed by atoms with E-state index in [9.17, 15) is 4.79 Å². The van der Waals surface area contributed by atoms with E-state index in [-0.39, 0.29) is 0 Å². The van der Waals surface area contributed by atoms with Gasteiger partial charge in [-0.2, -0.15) is 0 Å². The minimum absolute atomic E-state index is 0.321. The number of aromatic nitrogens is 2. The second-order valence-electron chi connectivity index (χ2n) is 9.84. The number of nitrogens with zero attached hydrogens (tertiary/aromatic N) is 1. The van der Waals surface area contributed by atoms with Gasteiger partial charge in [0.05, 0.1) is 7.11 Å². The van der Waals surface area contributed by atoms with Crippen molar-refractivity contribution in [3.63, 3.8) is 0 Å². The highest BCUT2D eigenvalue weighted by Gasteiger charge is 2.29. The minimum atomic E-state index is -0.531. The molecule has 1 atom stereocenters. The smallest absolute Gasteiger partial charge is 0.267 e. The number of hydrogen-bond acceptors (Lipinski definition) is 4. The monoisotopic (exact) mass is 498 g/mol. The zero-order chi connectivity index (χ0) is 25.9. The van der Waals surface area contributed by atoms with E-state index in [1.807, 2.05) is 18.2 Å². The van der Waals surface area contributed by atoms with Crippen LogP contribution in [0.15, 0.2) is 54.9 Å². The van der Waals surface area contributed by atoms with E-state index in [1.54, 1.807) is 18.7 Å². The van der Waals surface area contributed by atoms with Crippen LogP contribution in [0.2, 0.25) is 0 Å². The molecule has 0 fully saturated rings. The van der Waals surface area contributed by atoms with Gasteiger partial charge in [-0.25, -0.2) is 5.48 Å². The molecule has 0 aliphatic heterocycles. The second kappa shape index (κ2) is 10.7. The molecule has 1 unspecified atom stereocenters. The molecule has 0 saturated carbocycles. The number of fused-ring (bicyclic) bond motifs is 2. The second-order valence-corrected chi connectivity index (χ2v) is 9.84. The molecule has 1 amide bonds. The van der Waals surface area contributed by atoms with Crippen LogP contribution in [0.4, 0.5) is 0 Å². The molecule has 0 spiro atoms. The number of hydroxylamine groups is 1. The van der Waals surface area contributed by atoms with E-state index in [1.165, 1.54) is 45.0 Å². The first-order chi connectivity index (χ1) is 18.0. The Labute approximate surface area is 217 Å². The summed E-state index contributed by atoms with van der Waals surface area (Å²) in [6.07, 6.45) is 10.3. The summed E-state index contributed by atoms with van der Waals surface area (Å²) >= 11 is 0. The maximum atomic E-state index is 11.4. The van der Waals surface area contributed by atoms with Gasteiger partial charge in [0.15, 0.2) is 0 Å². The summed E-state index contributed by atoms with van der Waals surface area (Å²) in [6, 6.07) is 12.9. The molecule has 2 aromatic carbocycles. The number of carbonyl (C=O) groups is 1. The number of hydrogen-bond donors (Lipinski definition) is 4. The van der Waals surface area contributed by atoms with E-state index < -0.39 is 5.91 Å². The number of aromatic amines is 2. The van der Waals surface area contributed by atoms with Crippen LogP contribution in [0.5, 0.6) is 5.75 Å². The first kappa shape index (κ1) is 24.9. The summed E-state index contributed by atoms with van der Waals surface area (Å²) < 4.78 is 5.38. The Morgan fingerprint density at radius 2 is 2.05 bits per heavy atom. The van der Waals surface area contributed by atoms with Crippen molar-refractivity contribution >= 4 is 22.9 Å². The molecule has 1 aliphatic rings. The van der Waals surface area contributed by atoms with Crippen LogP contribution < -0.4 is 10.2 Å². The predicted octanol–water partition coefficient (Wildman–Crippen LogP) is 5.37. The third-order valence-corrected chi connectivity index (χ3v) is 7.70. The number of carbonyl (C=O) groups excluding carboxylic acids is 1. The number of H-pyrrole nitrogens is 2. The molecule has 4 N–H and O–H groups in total. The van der Waals surface area contributed by atoms with Gasteiger partial charge < -0.3 is 14.7 Å². The van der Waals surface area contributed by atoms with Crippen molar-refractivity contribution in [2.24, 2.45) is 0 Å². The molecular weight excluding hydrogens is 464 g/mol. The molecule has 5 rings (SSSR count). The zero-order valence-electron chi connectivity index (χ0n) is 21.6. The largest absolute Gasteiger partial charge is 0.497 e. The van der Waals surface area contributed by atoms with Gasteiger partial charge in [-0.3, -0.25) is 14.9 Å². The molecular formula is C30H34N4O3. The maximum Gasteiger partial charge on any atom is 0.267 e. The molecule has 2 heterocycles. The van der Waals surface area contributed by atoms with Crippen LogP contribution in [0.1, 0.15) is 51.5 Å². The number of aryl methyl sites for hydroxylation is 2. The lowest BCUT2D eigenvalue weighted by atomic mass is 10.0. The molecule has 0 bridgehead atoms. The van der Waals surface area contributed by atoms with Crippen molar-refractivity contribution in [2.45, 2.75) is 45.7 Å².